The summed E-state index contributed by atoms with van der Waals surface area (Å²) in [6, 6.07) is 22.6. The van der Waals surface area contributed by atoms with Crippen LogP contribution in [0.5, 0.6) is 11.5 Å². The molecule has 0 aliphatic carbocycles. The highest BCUT2D eigenvalue weighted by molar-refractivity contribution is 5.97. The van der Waals surface area contributed by atoms with Crippen LogP contribution in [-0.4, -0.2) is 35.3 Å². The molecule has 1 atom stereocenters. The van der Waals surface area contributed by atoms with Crippen LogP contribution in [0.15, 0.2) is 76.9 Å². The molecule has 38 heavy (non-hydrogen) atoms. The number of nitrogens with one attached hydrogen (secondary N) is 2. The first-order chi connectivity index (χ1) is 18.4. The Labute approximate surface area is 222 Å². The number of anilines is 1. The highest BCUT2D eigenvalue weighted by Crippen LogP contribution is 2.30. The lowest BCUT2D eigenvalue weighted by atomic mass is 10.0. The van der Waals surface area contributed by atoms with Crippen molar-refractivity contribution in [1.82, 2.24) is 10.2 Å². The summed E-state index contributed by atoms with van der Waals surface area (Å²) in [7, 11) is 0. The number of para-hydroxylation sites is 1. The molecular formula is C30H28N6O2. The van der Waals surface area contributed by atoms with Crippen molar-refractivity contribution in [3.63, 3.8) is 0 Å². The Hall–Kier alpha value is -4.79. The van der Waals surface area contributed by atoms with Crippen molar-refractivity contribution in [1.29, 1.82) is 10.5 Å². The van der Waals surface area contributed by atoms with Crippen molar-refractivity contribution in [3.8, 4) is 23.6 Å². The standard InChI is InChI=1S/C30H28N6O2/c1-19-13-22(16-32)14-20(2)28(19)38-29-25-18-36(17-23-5-3-4-6-27(23)37)12-11-26(25)34-30(35-29)33-24-9-7-21(15-31)8-10-24/h3-10,13-14,30,33-34,37H,11-12,17-18H2,1-2H3. The van der Waals surface area contributed by atoms with Gasteiger partial charge >= 0.3 is 0 Å². The Morgan fingerprint density at radius 1 is 1.05 bits per heavy atom. The number of hydrogen-bond acceptors (Lipinski definition) is 8. The highest BCUT2D eigenvalue weighted by atomic mass is 16.5. The van der Waals surface area contributed by atoms with Crippen molar-refractivity contribution < 1.29 is 9.84 Å². The molecule has 3 N–H and O–H groups in total. The van der Waals surface area contributed by atoms with Crippen LogP contribution in [0.1, 0.15) is 34.2 Å². The number of aryl methyl sites for hydroxylation is 2. The molecule has 0 radical (unpaired) electrons. The van der Waals surface area contributed by atoms with Gasteiger partial charge in [-0.2, -0.15) is 10.5 Å². The first-order valence-electron chi connectivity index (χ1n) is 12.5. The van der Waals surface area contributed by atoms with E-state index < -0.39 is 6.29 Å². The zero-order chi connectivity index (χ0) is 26.6. The molecule has 0 saturated carbocycles. The SMILES string of the molecule is Cc1cc(C#N)cc(C)c1OC1=NC(Nc2ccc(C#N)cc2)NC2=C1CN(Cc1ccccc1O)CC2. The minimum Gasteiger partial charge on any atom is -0.508 e. The Morgan fingerprint density at radius 3 is 2.45 bits per heavy atom. The number of benzene rings is 3. The molecule has 0 aromatic heterocycles. The molecule has 0 amide bonds. The van der Waals surface area contributed by atoms with Crippen LogP contribution in [0.25, 0.3) is 0 Å². The molecule has 2 aliphatic heterocycles. The first kappa shape index (κ1) is 24.9. The van der Waals surface area contributed by atoms with E-state index in [1.807, 2.05) is 56.3 Å². The minimum absolute atomic E-state index is 0.287. The average molecular weight is 505 g/mol. The molecule has 0 bridgehead atoms. The van der Waals surface area contributed by atoms with E-state index in [0.29, 0.717) is 35.9 Å². The van der Waals surface area contributed by atoms with Gasteiger partial charge < -0.3 is 20.5 Å². The van der Waals surface area contributed by atoms with Gasteiger partial charge in [0.15, 0.2) is 6.29 Å². The molecule has 0 fully saturated rings. The highest BCUT2D eigenvalue weighted by Gasteiger charge is 2.30. The molecular weight excluding hydrogens is 476 g/mol. The number of phenolic OH excluding ortho intramolecular Hbond substituents is 1. The third-order valence-electron chi connectivity index (χ3n) is 6.73. The lowest BCUT2D eigenvalue weighted by molar-refractivity contribution is 0.267. The smallest absolute Gasteiger partial charge is 0.224 e. The zero-order valence-electron chi connectivity index (χ0n) is 21.3. The summed E-state index contributed by atoms with van der Waals surface area (Å²) in [6.07, 6.45) is 0.308. The van der Waals surface area contributed by atoms with E-state index in [9.17, 15) is 10.4 Å². The Balaban J connectivity index is 1.44. The lowest BCUT2D eigenvalue weighted by Gasteiger charge is -2.36. The molecule has 3 aromatic carbocycles. The quantitative estimate of drug-likeness (QED) is 0.462. The summed E-state index contributed by atoms with van der Waals surface area (Å²) in [4.78, 5) is 7.16. The number of ether oxygens (including phenoxy) is 1. The maximum atomic E-state index is 10.3. The number of aliphatic imine (C=N–C) groups is 1. The van der Waals surface area contributed by atoms with Gasteiger partial charge in [0.05, 0.1) is 23.3 Å². The van der Waals surface area contributed by atoms with Gasteiger partial charge in [-0.1, -0.05) is 18.2 Å². The van der Waals surface area contributed by atoms with Crippen molar-refractivity contribution in [2.75, 3.05) is 18.4 Å². The van der Waals surface area contributed by atoms with Crippen molar-refractivity contribution in [3.05, 3.63) is 99.8 Å². The molecule has 8 nitrogen and oxygen atoms in total. The van der Waals surface area contributed by atoms with E-state index in [1.165, 1.54) is 0 Å². The summed E-state index contributed by atoms with van der Waals surface area (Å²) in [5.41, 5.74) is 6.63. The van der Waals surface area contributed by atoms with Crippen LogP contribution in [0, 0.1) is 36.5 Å². The van der Waals surface area contributed by atoms with E-state index in [2.05, 4.69) is 27.7 Å². The van der Waals surface area contributed by atoms with Crippen LogP contribution in [0.3, 0.4) is 0 Å². The van der Waals surface area contributed by atoms with Crippen LogP contribution in [0.2, 0.25) is 0 Å². The molecule has 5 rings (SSSR count). The monoisotopic (exact) mass is 504 g/mol. The van der Waals surface area contributed by atoms with Crippen molar-refractivity contribution >= 4 is 11.6 Å². The zero-order valence-corrected chi connectivity index (χ0v) is 21.3. The van der Waals surface area contributed by atoms with Gasteiger partial charge in [-0.25, -0.2) is 4.99 Å². The number of aromatic hydroxyl groups is 1. The summed E-state index contributed by atoms with van der Waals surface area (Å²) in [5.74, 6) is 1.49. The average Bonchev–Trinajstić information content (AvgIpc) is 2.92. The number of hydrogen-bond donors (Lipinski definition) is 3. The molecule has 2 aliphatic rings. The van der Waals surface area contributed by atoms with Crippen molar-refractivity contribution in [2.24, 2.45) is 4.99 Å². The molecule has 1 unspecified atom stereocenters. The Bertz CT molecular complexity index is 1490. The number of nitriles is 2. The van der Waals surface area contributed by atoms with Gasteiger partial charge in [-0.3, -0.25) is 4.90 Å². The first-order valence-corrected chi connectivity index (χ1v) is 12.5. The van der Waals surface area contributed by atoms with Gasteiger partial charge in [0.2, 0.25) is 5.90 Å². The van der Waals surface area contributed by atoms with E-state index in [4.69, 9.17) is 15.0 Å². The topological polar surface area (TPSA) is 117 Å². The fraction of sp³-hybridized carbons (Fsp3) is 0.233. The largest absolute Gasteiger partial charge is 0.508 e. The molecule has 8 heteroatoms. The summed E-state index contributed by atoms with van der Waals surface area (Å²) in [6.45, 7) is 5.88. The van der Waals surface area contributed by atoms with Crippen LogP contribution < -0.4 is 15.4 Å². The fourth-order valence-electron chi connectivity index (χ4n) is 4.82. The second kappa shape index (κ2) is 10.7. The second-order valence-electron chi connectivity index (χ2n) is 9.51. The second-order valence-corrected chi connectivity index (χ2v) is 9.51. The Morgan fingerprint density at radius 2 is 1.76 bits per heavy atom. The molecule has 190 valence electrons. The molecule has 2 heterocycles. The van der Waals surface area contributed by atoms with Gasteiger partial charge in [0, 0.05) is 48.6 Å². The van der Waals surface area contributed by atoms with Crippen molar-refractivity contribution in [2.45, 2.75) is 33.1 Å². The van der Waals surface area contributed by atoms with Crippen LogP contribution in [0.4, 0.5) is 5.69 Å². The predicted molar refractivity (Wildman–Crippen MR) is 145 cm³/mol. The van der Waals surface area contributed by atoms with Gasteiger partial charge in [0.1, 0.15) is 11.5 Å². The maximum absolute atomic E-state index is 10.3. The number of nitrogens with zero attached hydrogens (tertiary/aromatic N) is 4. The van der Waals surface area contributed by atoms with E-state index in [0.717, 1.165) is 46.6 Å². The summed E-state index contributed by atoms with van der Waals surface area (Å²) < 4.78 is 6.50. The van der Waals surface area contributed by atoms with Gasteiger partial charge in [-0.15, -0.1) is 0 Å². The van der Waals surface area contributed by atoms with E-state index >= 15 is 0 Å². The normalized spacial score (nSPS) is 16.9. The molecule has 0 saturated heterocycles. The Kier molecular flexibility index (Phi) is 6.99. The van der Waals surface area contributed by atoms with Gasteiger partial charge in [0.25, 0.3) is 0 Å². The third kappa shape index (κ3) is 5.31. The van der Waals surface area contributed by atoms with E-state index in [-0.39, 0.29) is 5.75 Å². The minimum atomic E-state index is -0.458. The summed E-state index contributed by atoms with van der Waals surface area (Å²) in [5, 5.41) is 35.6. The van der Waals surface area contributed by atoms with Crippen LogP contribution >= 0.6 is 0 Å². The van der Waals surface area contributed by atoms with Gasteiger partial charge in [-0.05, 0) is 67.4 Å². The van der Waals surface area contributed by atoms with Crippen LogP contribution in [-0.2, 0) is 6.54 Å². The maximum Gasteiger partial charge on any atom is 0.224 e. The summed E-state index contributed by atoms with van der Waals surface area (Å²) >= 11 is 0. The molecule has 0 spiro atoms. The number of rotatable bonds is 5. The number of phenols is 1. The molecule has 3 aromatic rings. The van der Waals surface area contributed by atoms with E-state index in [1.54, 1.807) is 18.2 Å². The third-order valence-corrected chi connectivity index (χ3v) is 6.73. The lowest BCUT2D eigenvalue weighted by Crippen LogP contribution is -2.46. The predicted octanol–water partition coefficient (Wildman–Crippen LogP) is 4.69. The fourth-order valence-corrected chi connectivity index (χ4v) is 4.82.